The molecular weight excluding hydrogens is 341 g/mol. The average molecular weight is 360 g/mol. The number of hydrogen-bond acceptors (Lipinski definition) is 1. The fourth-order valence-electron chi connectivity index (χ4n) is 3.04. The van der Waals surface area contributed by atoms with Crippen LogP contribution in [0.2, 0.25) is 0 Å². The fraction of sp³-hybridized carbons (Fsp3) is 0.211. The summed E-state index contributed by atoms with van der Waals surface area (Å²) in [4.78, 5) is 4.81. The van der Waals surface area contributed by atoms with E-state index in [1.165, 1.54) is 16.8 Å². The van der Waals surface area contributed by atoms with Gasteiger partial charge in [0.15, 0.2) is 0 Å². The Hall–Kier alpha value is -1.97. The maximum absolute atomic E-state index is 5.93. The summed E-state index contributed by atoms with van der Waals surface area (Å²) in [5, 5.41) is 0. The Morgan fingerprint density at radius 1 is 1.04 bits per heavy atom. The molecule has 0 amide bonds. The van der Waals surface area contributed by atoms with E-state index in [-0.39, 0.29) is 12.4 Å². The number of hydrogen-bond donors (Lipinski definition) is 0. The lowest BCUT2D eigenvalue weighted by Crippen LogP contribution is -2.01. The molecule has 5 heteroatoms. The van der Waals surface area contributed by atoms with Crippen molar-refractivity contribution in [3.63, 3.8) is 0 Å². The van der Waals surface area contributed by atoms with Crippen LogP contribution < -0.4 is 0 Å². The summed E-state index contributed by atoms with van der Waals surface area (Å²) >= 11 is 5.93. The molecule has 0 aliphatic rings. The first kappa shape index (κ1) is 16.9. The average Bonchev–Trinajstić information content (AvgIpc) is 3.10. The maximum Gasteiger partial charge on any atom is 0.215 e. The first-order valence-electron chi connectivity index (χ1n) is 7.87. The second kappa shape index (κ2) is 6.88. The van der Waals surface area contributed by atoms with Gasteiger partial charge in [0.2, 0.25) is 5.78 Å². The molecule has 0 saturated heterocycles. The molecule has 0 atom stereocenters. The van der Waals surface area contributed by atoms with E-state index in [4.69, 9.17) is 16.6 Å². The topological polar surface area (TPSA) is 22.2 Å². The number of alkyl halides is 1. The van der Waals surface area contributed by atoms with Crippen molar-refractivity contribution in [3.05, 3.63) is 60.3 Å². The van der Waals surface area contributed by atoms with E-state index < -0.39 is 0 Å². The lowest BCUT2D eigenvalue weighted by Gasteiger charge is -2.08. The van der Waals surface area contributed by atoms with E-state index in [1.54, 1.807) is 0 Å². The first-order chi connectivity index (χ1) is 11.3. The van der Waals surface area contributed by atoms with Crippen molar-refractivity contribution in [1.29, 1.82) is 0 Å². The molecule has 0 radical (unpaired) electrons. The van der Waals surface area contributed by atoms with Crippen LogP contribution in [0.25, 0.3) is 28.1 Å². The van der Waals surface area contributed by atoms with Crippen molar-refractivity contribution in [2.45, 2.75) is 19.9 Å². The molecule has 0 saturated carbocycles. The Balaban J connectivity index is 0.00000169. The molecule has 2 aromatic heterocycles. The van der Waals surface area contributed by atoms with Gasteiger partial charge in [0, 0.05) is 18.6 Å². The van der Waals surface area contributed by atoms with Crippen molar-refractivity contribution in [2.75, 3.05) is 5.88 Å². The van der Waals surface area contributed by atoms with Gasteiger partial charge >= 0.3 is 0 Å². The van der Waals surface area contributed by atoms with Crippen LogP contribution in [0.1, 0.15) is 12.0 Å². The molecule has 0 aliphatic heterocycles. The minimum atomic E-state index is 0. The number of benzene rings is 2. The summed E-state index contributed by atoms with van der Waals surface area (Å²) in [7, 11) is 0. The number of fused-ring (bicyclic) bond motifs is 3. The zero-order valence-electron chi connectivity index (χ0n) is 13.4. The van der Waals surface area contributed by atoms with Crippen LogP contribution in [0.3, 0.4) is 0 Å². The number of rotatable bonds is 4. The zero-order chi connectivity index (χ0) is 15.8. The highest BCUT2D eigenvalue weighted by Crippen LogP contribution is 2.27. The number of aromatic nitrogens is 3. The van der Waals surface area contributed by atoms with Crippen LogP contribution in [0.5, 0.6) is 0 Å². The molecule has 0 spiro atoms. The van der Waals surface area contributed by atoms with Crippen LogP contribution in [-0.4, -0.2) is 19.8 Å². The normalized spacial score (nSPS) is 11.1. The quantitative estimate of drug-likeness (QED) is 0.452. The van der Waals surface area contributed by atoms with Crippen molar-refractivity contribution >= 4 is 40.8 Å². The van der Waals surface area contributed by atoms with Crippen molar-refractivity contribution in [2.24, 2.45) is 0 Å². The van der Waals surface area contributed by atoms with Crippen LogP contribution in [0.4, 0.5) is 0 Å². The second-order valence-corrected chi connectivity index (χ2v) is 6.22. The van der Waals surface area contributed by atoms with Gasteiger partial charge in [-0.25, -0.2) is 4.98 Å². The molecule has 24 heavy (non-hydrogen) atoms. The van der Waals surface area contributed by atoms with Crippen LogP contribution in [0, 0.1) is 6.92 Å². The zero-order valence-corrected chi connectivity index (χ0v) is 15.0. The van der Waals surface area contributed by atoms with Gasteiger partial charge in [0.05, 0.1) is 16.7 Å². The number of aryl methyl sites for hydroxylation is 2. The van der Waals surface area contributed by atoms with E-state index >= 15 is 0 Å². The smallest absolute Gasteiger partial charge is 0.215 e. The molecule has 0 N–H and O–H groups in total. The SMILES string of the molecule is Cc1ccc(-c2cn3c4ccccc4nc3n2CCCCl)cc1.Cl. The molecule has 124 valence electrons. The number of imidazole rings is 2. The molecular formula is C19H19Cl2N3. The lowest BCUT2D eigenvalue weighted by molar-refractivity contribution is 0.704. The third-order valence-electron chi connectivity index (χ3n) is 4.22. The van der Waals surface area contributed by atoms with E-state index in [0.29, 0.717) is 5.88 Å². The highest BCUT2D eigenvalue weighted by Gasteiger charge is 2.14. The fourth-order valence-corrected chi connectivity index (χ4v) is 3.16. The number of para-hydroxylation sites is 2. The summed E-state index contributed by atoms with van der Waals surface area (Å²) in [6.07, 6.45) is 3.11. The van der Waals surface area contributed by atoms with Crippen molar-refractivity contribution in [3.8, 4) is 11.3 Å². The molecule has 4 rings (SSSR count). The van der Waals surface area contributed by atoms with Gasteiger partial charge in [-0.1, -0.05) is 42.0 Å². The molecule has 0 aliphatic carbocycles. The van der Waals surface area contributed by atoms with Gasteiger partial charge in [-0.05, 0) is 31.0 Å². The molecule has 4 aromatic rings. The Morgan fingerprint density at radius 2 is 1.79 bits per heavy atom. The van der Waals surface area contributed by atoms with Gasteiger partial charge < -0.3 is 4.57 Å². The van der Waals surface area contributed by atoms with Crippen LogP contribution >= 0.6 is 24.0 Å². The van der Waals surface area contributed by atoms with Crippen molar-refractivity contribution in [1.82, 2.24) is 14.0 Å². The summed E-state index contributed by atoms with van der Waals surface area (Å²) in [5.74, 6) is 1.63. The second-order valence-electron chi connectivity index (χ2n) is 5.85. The predicted octanol–water partition coefficient (Wildman–Crippen LogP) is 5.32. The Bertz CT molecular complexity index is 968. The molecule has 0 unspecified atom stereocenters. The van der Waals surface area contributed by atoms with Gasteiger partial charge in [-0.3, -0.25) is 4.40 Å². The summed E-state index contributed by atoms with van der Waals surface area (Å²) in [6.45, 7) is 2.98. The van der Waals surface area contributed by atoms with Crippen LogP contribution in [-0.2, 0) is 6.54 Å². The molecule has 0 fully saturated rings. The monoisotopic (exact) mass is 359 g/mol. The third kappa shape index (κ3) is 2.79. The predicted molar refractivity (Wildman–Crippen MR) is 103 cm³/mol. The minimum absolute atomic E-state index is 0. The summed E-state index contributed by atoms with van der Waals surface area (Å²) in [6, 6.07) is 16.9. The largest absolute Gasteiger partial charge is 0.310 e. The standard InChI is InChI=1S/C19H18ClN3.ClH/c1-14-7-9-15(10-8-14)18-13-23-17-6-3-2-5-16(17)21-19(23)22(18)12-4-11-20;/h2-3,5-10,13H,4,11-12H2,1H3;1H. The van der Waals surface area contributed by atoms with E-state index in [2.05, 4.69) is 64.6 Å². The molecule has 3 nitrogen and oxygen atoms in total. The van der Waals surface area contributed by atoms with Gasteiger partial charge in [0.1, 0.15) is 0 Å². The van der Waals surface area contributed by atoms with E-state index in [9.17, 15) is 0 Å². The highest BCUT2D eigenvalue weighted by molar-refractivity contribution is 6.17. The maximum atomic E-state index is 5.93. The Labute approximate surface area is 152 Å². The Kier molecular flexibility index (Phi) is 4.83. The van der Waals surface area contributed by atoms with Crippen molar-refractivity contribution < 1.29 is 0 Å². The summed E-state index contributed by atoms with van der Waals surface area (Å²) < 4.78 is 4.45. The molecule has 2 heterocycles. The number of nitrogens with zero attached hydrogens (tertiary/aromatic N) is 3. The third-order valence-corrected chi connectivity index (χ3v) is 4.49. The lowest BCUT2D eigenvalue weighted by atomic mass is 10.1. The van der Waals surface area contributed by atoms with Gasteiger partial charge in [0.25, 0.3) is 0 Å². The molecule has 0 bridgehead atoms. The van der Waals surface area contributed by atoms with E-state index in [1.807, 2.05) is 6.07 Å². The first-order valence-corrected chi connectivity index (χ1v) is 8.41. The van der Waals surface area contributed by atoms with Gasteiger partial charge in [-0.15, -0.1) is 24.0 Å². The Morgan fingerprint density at radius 3 is 2.54 bits per heavy atom. The van der Waals surface area contributed by atoms with E-state index in [0.717, 1.165) is 29.8 Å². The highest BCUT2D eigenvalue weighted by atomic mass is 35.5. The minimum Gasteiger partial charge on any atom is -0.310 e. The van der Waals surface area contributed by atoms with Gasteiger partial charge in [-0.2, -0.15) is 0 Å². The van der Waals surface area contributed by atoms with Crippen LogP contribution in [0.15, 0.2) is 54.7 Å². The number of halogens is 2. The molecule has 2 aromatic carbocycles. The summed E-state index contributed by atoms with van der Waals surface area (Å²) in [5.41, 5.74) is 5.82.